The molecular weight excluding hydrogens is 141 g/mol. The van der Waals surface area contributed by atoms with Crippen molar-refractivity contribution >= 4 is 0 Å². The first-order valence-electron chi connectivity index (χ1n) is 3.52. The summed E-state index contributed by atoms with van der Waals surface area (Å²) in [6.07, 6.45) is -3.51. The van der Waals surface area contributed by atoms with E-state index in [2.05, 4.69) is 0 Å². The summed E-state index contributed by atoms with van der Waals surface area (Å²) in [7, 11) is 0. The maximum atomic E-state index is 11.6. The van der Waals surface area contributed by atoms with Gasteiger partial charge in [-0.05, 0) is 12.3 Å². The Balaban J connectivity index is 3.36. The van der Waals surface area contributed by atoms with Crippen LogP contribution in [0.5, 0.6) is 0 Å². The van der Waals surface area contributed by atoms with Gasteiger partial charge >= 0.3 is 6.18 Å². The van der Waals surface area contributed by atoms with Gasteiger partial charge in [0.15, 0.2) is 0 Å². The van der Waals surface area contributed by atoms with E-state index in [9.17, 15) is 13.2 Å². The second kappa shape index (κ2) is 3.84. The molecule has 62 valence electrons. The molecule has 0 saturated heterocycles. The van der Waals surface area contributed by atoms with E-state index in [4.69, 9.17) is 0 Å². The van der Waals surface area contributed by atoms with E-state index in [0.29, 0.717) is 0 Å². The molecule has 0 nitrogen and oxygen atoms in total. The van der Waals surface area contributed by atoms with Gasteiger partial charge in [0, 0.05) is 6.42 Å². The molecule has 0 amide bonds. The minimum atomic E-state index is -3.97. The molecule has 0 aromatic rings. The minimum Gasteiger partial charge on any atom is -0.171 e. The van der Waals surface area contributed by atoms with Crippen LogP contribution in [0.15, 0.2) is 0 Å². The van der Waals surface area contributed by atoms with Crippen LogP contribution in [0, 0.1) is 5.92 Å². The fourth-order valence-corrected chi connectivity index (χ4v) is 0.614. The zero-order valence-electron chi connectivity index (χ0n) is 6.33. The lowest BCUT2D eigenvalue weighted by atomic mass is 10.0. The number of hydrogen-bond acceptors (Lipinski definition) is 0. The molecule has 0 bridgehead atoms. The van der Waals surface area contributed by atoms with Gasteiger partial charge in [0.05, 0.1) is 0 Å². The summed E-state index contributed by atoms with van der Waals surface area (Å²) >= 11 is 0. The van der Waals surface area contributed by atoms with E-state index in [1.165, 1.54) is 0 Å². The van der Waals surface area contributed by atoms with Crippen molar-refractivity contribution in [3.05, 3.63) is 0 Å². The summed E-state index contributed by atoms with van der Waals surface area (Å²) < 4.78 is 34.7. The van der Waals surface area contributed by atoms with E-state index < -0.39 is 12.6 Å². The van der Waals surface area contributed by atoms with Crippen molar-refractivity contribution in [2.45, 2.75) is 39.3 Å². The van der Waals surface area contributed by atoms with E-state index in [0.717, 1.165) is 6.42 Å². The Morgan fingerprint density at radius 2 is 1.80 bits per heavy atom. The van der Waals surface area contributed by atoms with E-state index >= 15 is 0 Å². The van der Waals surface area contributed by atoms with Crippen molar-refractivity contribution in [3.8, 4) is 0 Å². The molecule has 0 aliphatic heterocycles. The van der Waals surface area contributed by atoms with Gasteiger partial charge in [-0.2, -0.15) is 13.2 Å². The first-order chi connectivity index (χ1) is 4.45. The zero-order valence-corrected chi connectivity index (χ0v) is 6.33. The number of halogens is 3. The second-order valence-electron chi connectivity index (χ2n) is 2.67. The summed E-state index contributed by atoms with van der Waals surface area (Å²) in [4.78, 5) is 0. The fraction of sp³-hybridized carbons (Fsp3) is 1.00. The molecule has 3 heteroatoms. The largest absolute Gasteiger partial charge is 0.389 e. The SMILES string of the molecule is CC[C@H](C)CCC(F)(F)F. The van der Waals surface area contributed by atoms with Crippen molar-refractivity contribution < 1.29 is 13.2 Å². The molecule has 0 aromatic carbocycles. The third kappa shape index (κ3) is 5.92. The quantitative estimate of drug-likeness (QED) is 0.584. The van der Waals surface area contributed by atoms with Gasteiger partial charge in [-0.3, -0.25) is 0 Å². The van der Waals surface area contributed by atoms with Crippen LogP contribution in [-0.4, -0.2) is 6.18 Å². The first kappa shape index (κ1) is 9.79. The first-order valence-corrected chi connectivity index (χ1v) is 3.52. The predicted octanol–water partition coefficient (Wildman–Crippen LogP) is 3.38. The van der Waals surface area contributed by atoms with Crippen LogP contribution in [0.2, 0.25) is 0 Å². The Kier molecular flexibility index (Phi) is 3.76. The lowest BCUT2D eigenvalue weighted by molar-refractivity contribution is -0.137. The molecule has 0 radical (unpaired) electrons. The Morgan fingerprint density at radius 3 is 2.10 bits per heavy atom. The second-order valence-corrected chi connectivity index (χ2v) is 2.67. The summed E-state index contributed by atoms with van der Waals surface area (Å²) in [5.74, 6) is 0.196. The topological polar surface area (TPSA) is 0 Å². The molecule has 0 unspecified atom stereocenters. The molecular formula is C7H13F3. The number of rotatable bonds is 3. The van der Waals surface area contributed by atoms with Gasteiger partial charge in [0.25, 0.3) is 0 Å². The predicted molar refractivity (Wildman–Crippen MR) is 34.7 cm³/mol. The maximum absolute atomic E-state index is 11.6. The smallest absolute Gasteiger partial charge is 0.171 e. The molecule has 0 aliphatic rings. The standard InChI is InChI=1S/C7H13F3/c1-3-6(2)4-5-7(8,9)10/h6H,3-5H2,1-2H3/t6-/m0/s1. The lowest BCUT2D eigenvalue weighted by Gasteiger charge is -2.09. The molecule has 0 rings (SSSR count). The molecule has 0 fully saturated rings. The molecule has 1 atom stereocenters. The van der Waals surface area contributed by atoms with E-state index in [-0.39, 0.29) is 12.3 Å². The van der Waals surface area contributed by atoms with Crippen LogP contribution in [0.3, 0.4) is 0 Å². The van der Waals surface area contributed by atoms with Gasteiger partial charge in [-0.25, -0.2) is 0 Å². The number of alkyl halides is 3. The highest BCUT2D eigenvalue weighted by Gasteiger charge is 2.26. The lowest BCUT2D eigenvalue weighted by Crippen LogP contribution is -2.08. The zero-order chi connectivity index (χ0) is 8.20. The third-order valence-corrected chi connectivity index (χ3v) is 1.62. The van der Waals surface area contributed by atoms with Crippen LogP contribution in [0.25, 0.3) is 0 Å². The highest BCUT2D eigenvalue weighted by atomic mass is 19.4. The van der Waals surface area contributed by atoms with Crippen LogP contribution in [0.4, 0.5) is 13.2 Å². The third-order valence-electron chi connectivity index (χ3n) is 1.62. The van der Waals surface area contributed by atoms with E-state index in [1.54, 1.807) is 0 Å². The van der Waals surface area contributed by atoms with Crippen LogP contribution in [-0.2, 0) is 0 Å². The van der Waals surface area contributed by atoms with Crippen molar-refractivity contribution in [2.75, 3.05) is 0 Å². The Bertz CT molecular complexity index is 85.3. The van der Waals surface area contributed by atoms with Gasteiger partial charge in [0.1, 0.15) is 0 Å². The van der Waals surface area contributed by atoms with Gasteiger partial charge in [-0.15, -0.1) is 0 Å². The minimum absolute atomic E-state index is 0.196. The average Bonchev–Trinajstić information content (AvgIpc) is 1.81. The van der Waals surface area contributed by atoms with Gasteiger partial charge in [0.2, 0.25) is 0 Å². The molecule has 0 spiro atoms. The molecule has 0 aliphatic carbocycles. The van der Waals surface area contributed by atoms with Crippen LogP contribution < -0.4 is 0 Å². The molecule has 0 N–H and O–H groups in total. The Labute approximate surface area is 59.4 Å². The molecule has 10 heavy (non-hydrogen) atoms. The summed E-state index contributed by atoms with van der Waals surface area (Å²) in [6, 6.07) is 0. The maximum Gasteiger partial charge on any atom is 0.389 e. The molecule has 0 saturated carbocycles. The van der Waals surface area contributed by atoms with Gasteiger partial charge < -0.3 is 0 Å². The average molecular weight is 154 g/mol. The molecule has 0 aromatic heterocycles. The van der Waals surface area contributed by atoms with Crippen molar-refractivity contribution in [1.29, 1.82) is 0 Å². The summed E-state index contributed by atoms with van der Waals surface area (Å²) in [5, 5.41) is 0. The van der Waals surface area contributed by atoms with Crippen molar-refractivity contribution in [2.24, 2.45) is 5.92 Å². The highest BCUT2D eigenvalue weighted by molar-refractivity contribution is 4.55. The van der Waals surface area contributed by atoms with E-state index in [1.807, 2.05) is 13.8 Å². The normalized spacial score (nSPS) is 15.3. The van der Waals surface area contributed by atoms with Gasteiger partial charge in [-0.1, -0.05) is 20.3 Å². The summed E-state index contributed by atoms with van der Waals surface area (Å²) in [6.45, 7) is 3.74. The molecule has 0 heterocycles. The van der Waals surface area contributed by atoms with Crippen LogP contribution in [0.1, 0.15) is 33.1 Å². The van der Waals surface area contributed by atoms with Crippen molar-refractivity contribution in [3.63, 3.8) is 0 Å². The highest BCUT2D eigenvalue weighted by Crippen LogP contribution is 2.24. The Morgan fingerprint density at radius 1 is 1.30 bits per heavy atom. The Hall–Kier alpha value is -0.210. The summed E-state index contributed by atoms with van der Waals surface area (Å²) in [5.41, 5.74) is 0. The number of hydrogen-bond donors (Lipinski definition) is 0. The monoisotopic (exact) mass is 154 g/mol. The van der Waals surface area contributed by atoms with Crippen molar-refractivity contribution in [1.82, 2.24) is 0 Å². The van der Waals surface area contributed by atoms with Crippen LogP contribution >= 0.6 is 0 Å². The fourth-order valence-electron chi connectivity index (χ4n) is 0.614.